The normalized spacial score (nSPS) is 14.3. The van der Waals surface area contributed by atoms with E-state index in [0.29, 0.717) is 11.8 Å². The molecule has 0 unspecified atom stereocenters. The number of hydrogen-bond donors (Lipinski definition) is 0. The van der Waals surface area contributed by atoms with Gasteiger partial charge in [0, 0.05) is 34.1 Å². The average molecular weight is 901 g/mol. The highest BCUT2D eigenvalue weighted by Crippen LogP contribution is 2.52. The van der Waals surface area contributed by atoms with E-state index in [-0.39, 0.29) is 24.3 Å². The van der Waals surface area contributed by atoms with Crippen molar-refractivity contribution < 1.29 is 0 Å². The van der Waals surface area contributed by atoms with Gasteiger partial charge in [0.25, 0.3) is 0 Å². The minimum absolute atomic E-state index is 0.0629. The lowest BCUT2D eigenvalue weighted by Gasteiger charge is -2.43. The Kier molecular flexibility index (Phi) is 8.55. The van der Waals surface area contributed by atoms with Crippen LogP contribution in [0.25, 0.3) is 54.6 Å². The molecule has 0 atom stereocenters. The quantitative estimate of drug-likeness (QED) is 0.128. The summed E-state index contributed by atoms with van der Waals surface area (Å²) in [5, 5.41) is 8.59. The molecule has 0 amide bonds. The van der Waals surface area contributed by atoms with Crippen molar-refractivity contribution >= 4 is 113 Å². The van der Waals surface area contributed by atoms with Gasteiger partial charge >= 0.3 is 0 Å². The van der Waals surface area contributed by atoms with Crippen molar-refractivity contribution in [3.63, 3.8) is 0 Å². The molecule has 0 N–H and O–H groups in total. The topological polar surface area (TPSA) is 6.48 Å². The van der Waals surface area contributed by atoms with Gasteiger partial charge in [-0.15, -0.1) is 0 Å². The number of anilines is 6. The zero-order chi connectivity index (χ0) is 47.9. The van der Waals surface area contributed by atoms with Gasteiger partial charge in [-0.1, -0.05) is 177 Å². The lowest BCUT2D eigenvalue weighted by molar-refractivity contribution is 0.595. The van der Waals surface area contributed by atoms with Crippen LogP contribution in [-0.4, -0.2) is 13.4 Å². The summed E-state index contributed by atoms with van der Waals surface area (Å²) in [5.74, 6) is 0.708. The third kappa shape index (κ3) is 5.54. The van der Waals surface area contributed by atoms with E-state index in [1.54, 1.807) is 0 Å². The second-order valence-electron chi connectivity index (χ2n) is 23.6. The summed E-state index contributed by atoms with van der Waals surface area (Å²) in [6.45, 7) is 24.2. The molecule has 0 aromatic heterocycles. The van der Waals surface area contributed by atoms with E-state index in [9.17, 15) is 0 Å². The number of rotatable bonds is 4. The Morgan fingerprint density at radius 2 is 0.729 bits per heavy atom. The Hall–Kier alpha value is -7.03. The Labute approximate surface area is 414 Å². The highest BCUT2D eigenvalue weighted by Gasteiger charge is 2.46. The summed E-state index contributed by atoms with van der Waals surface area (Å²) in [6, 6.07) is 61.6. The number of benzene rings is 10. The van der Waals surface area contributed by atoms with Crippen LogP contribution >= 0.6 is 0 Å². The summed E-state index contributed by atoms with van der Waals surface area (Å²) in [7, 11) is 0. The van der Waals surface area contributed by atoms with E-state index in [4.69, 9.17) is 0 Å². The molecule has 70 heavy (non-hydrogen) atoms. The highest BCUT2D eigenvalue weighted by molar-refractivity contribution is 7.02. The maximum Gasteiger partial charge on any atom is 0.248 e. The lowest BCUT2D eigenvalue weighted by Crippen LogP contribution is -2.60. The average Bonchev–Trinajstić information content (AvgIpc) is 3.35. The van der Waals surface area contributed by atoms with Crippen LogP contribution in [0.1, 0.15) is 103 Å². The minimum atomic E-state index is -0.144. The number of nitrogens with zero attached hydrogens (tertiary/aromatic N) is 2. The molecule has 0 spiro atoms. The first kappa shape index (κ1) is 41.9. The molecule has 0 saturated carbocycles. The first-order valence-corrected chi connectivity index (χ1v) is 25.8. The van der Waals surface area contributed by atoms with Gasteiger partial charge in [0.2, 0.25) is 13.4 Å². The second kappa shape index (κ2) is 14.3. The first-order valence-electron chi connectivity index (χ1n) is 25.8. The van der Waals surface area contributed by atoms with Crippen LogP contribution in [0.4, 0.5) is 34.1 Å². The standard InChI is InChI=1S/C66H58B2N2/c1-37(2)39-29-45-43-33-49(65(5,6)7)47-36-54-60-44(46-30-40(38(3)4)32-58-64(46)68(54)52-26-18-20-28-56(52)70(58)42-23-15-12-16-24-42)34-50(66(8,9)10)48-35-53(59(43)61(47)62(48)60)67-51-25-17-19-27-55(51)69(57(31-39)63(45)67)41-21-13-11-14-22-41/h11-38H,1-10H3. The van der Waals surface area contributed by atoms with Gasteiger partial charge in [-0.3, -0.25) is 0 Å². The zero-order valence-corrected chi connectivity index (χ0v) is 42.2. The minimum Gasteiger partial charge on any atom is -0.311 e. The Morgan fingerprint density at radius 1 is 0.357 bits per heavy atom. The molecule has 338 valence electrons. The van der Waals surface area contributed by atoms with Crippen LogP contribution in [0.5, 0.6) is 0 Å². The third-order valence-electron chi connectivity index (χ3n) is 16.7. The van der Waals surface area contributed by atoms with Gasteiger partial charge < -0.3 is 9.80 Å². The summed E-state index contributed by atoms with van der Waals surface area (Å²) in [4.78, 5) is 5.12. The van der Waals surface area contributed by atoms with Crippen LogP contribution in [-0.2, 0) is 10.8 Å². The van der Waals surface area contributed by atoms with E-state index in [1.807, 2.05) is 0 Å². The fraction of sp³-hybridized carbons (Fsp3) is 0.212. The largest absolute Gasteiger partial charge is 0.311 e. The molecule has 2 nitrogen and oxygen atoms in total. The second-order valence-corrected chi connectivity index (χ2v) is 23.6. The smallest absolute Gasteiger partial charge is 0.248 e. The molecule has 10 aromatic carbocycles. The third-order valence-corrected chi connectivity index (χ3v) is 16.7. The lowest BCUT2D eigenvalue weighted by atomic mass is 9.31. The van der Waals surface area contributed by atoms with Crippen molar-refractivity contribution in [1.29, 1.82) is 0 Å². The van der Waals surface area contributed by atoms with E-state index in [1.165, 1.54) is 144 Å². The summed E-state index contributed by atoms with van der Waals surface area (Å²) in [6.07, 6.45) is 0. The van der Waals surface area contributed by atoms with Crippen molar-refractivity contribution in [3.8, 4) is 22.3 Å². The Balaban J connectivity index is 1.20. The summed E-state index contributed by atoms with van der Waals surface area (Å²) < 4.78 is 0. The van der Waals surface area contributed by atoms with Crippen molar-refractivity contribution in [1.82, 2.24) is 0 Å². The van der Waals surface area contributed by atoms with Crippen LogP contribution < -0.4 is 42.6 Å². The van der Waals surface area contributed by atoms with Crippen LogP contribution in [0.15, 0.2) is 158 Å². The Morgan fingerprint density at radius 3 is 1.10 bits per heavy atom. The van der Waals surface area contributed by atoms with E-state index in [2.05, 4.69) is 237 Å². The molecule has 0 saturated heterocycles. The van der Waals surface area contributed by atoms with Crippen molar-refractivity contribution in [2.75, 3.05) is 9.80 Å². The van der Waals surface area contributed by atoms with Gasteiger partial charge in [-0.05, 0) is 182 Å². The zero-order valence-electron chi connectivity index (χ0n) is 42.2. The molecule has 4 heteroatoms. The maximum absolute atomic E-state index is 2.70. The number of fused-ring (bicyclic) bond motifs is 8. The maximum atomic E-state index is 2.70. The molecule has 4 aliphatic rings. The van der Waals surface area contributed by atoms with Crippen LogP contribution in [0.2, 0.25) is 0 Å². The van der Waals surface area contributed by atoms with E-state index >= 15 is 0 Å². The first-order chi connectivity index (χ1) is 33.7. The van der Waals surface area contributed by atoms with E-state index < -0.39 is 0 Å². The molecule has 0 radical (unpaired) electrons. The molecule has 14 rings (SSSR count). The van der Waals surface area contributed by atoms with Gasteiger partial charge in [0.05, 0.1) is 0 Å². The molecule has 0 bridgehead atoms. The highest BCUT2D eigenvalue weighted by atomic mass is 15.2. The Bertz CT molecular complexity index is 3620. The summed E-state index contributed by atoms with van der Waals surface area (Å²) >= 11 is 0. The predicted octanol–water partition coefficient (Wildman–Crippen LogP) is 14.0. The molecule has 0 fully saturated rings. The SMILES string of the molecule is CC(C)c1cc2c3c(c1)N(c1ccccc1)c1ccccc1B3c1cc3c(C(C)(C)C)cc4c5c(cc6c(C(C)(C)C)cc-2c1c6c35)B1c2ccccc2N(c2ccccc2)c2cc(C(C)C)cc-4c21. The number of para-hydroxylation sites is 4. The van der Waals surface area contributed by atoms with Gasteiger partial charge in [0.1, 0.15) is 0 Å². The molecular formula is C66H58B2N2. The van der Waals surface area contributed by atoms with Crippen molar-refractivity contribution in [3.05, 3.63) is 180 Å². The van der Waals surface area contributed by atoms with Crippen LogP contribution in [0, 0.1) is 0 Å². The molecule has 0 aliphatic carbocycles. The molecular weight excluding hydrogens is 842 g/mol. The van der Waals surface area contributed by atoms with Crippen molar-refractivity contribution in [2.45, 2.75) is 91.9 Å². The predicted molar refractivity (Wildman–Crippen MR) is 305 cm³/mol. The van der Waals surface area contributed by atoms with E-state index in [0.717, 1.165) is 0 Å². The fourth-order valence-corrected chi connectivity index (χ4v) is 13.6. The van der Waals surface area contributed by atoms with Gasteiger partial charge in [0.15, 0.2) is 0 Å². The fourth-order valence-electron chi connectivity index (χ4n) is 13.6. The number of hydrogen-bond acceptors (Lipinski definition) is 2. The van der Waals surface area contributed by atoms with Crippen molar-refractivity contribution in [2.24, 2.45) is 0 Å². The van der Waals surface area contributed by atoms with Gasteiger partial charge in [-0.2, -0.15) is 0 Å². The van der Waals surface area contributed by atoms with Crippen LogP contribution in [0.3, 0.4) is 0 Å². The molecule has 10 aromatic rings. The molecule has 4 heterocycles. The summed E-state index contributed by atoms with van der Waals surface area (Å²) in [5.41, 5.74) is 26.9. The monoisotopic (exact) mass is 900 g/mol. The molecule has 4 aliphatic heterocycles. The van der Waals surface area contributed by atoms with Gasteiger partial charge in [-0.25, -0.2) is 0 Å².